The van der Waals surface area contributed by atoms with Gasteiger partial charge in [0, 0.05) is 18.2 Å². The van der Waals surface area contributed by atoms with Crippen molar-refractivity contribution in [1.82, 2.24) is 4.31 Å². The monoisotopic (exact) mass is 462 g/mol. The zero-order valence-corrected chi connectivity index (χ0v) is 18.6. The number of amides is 2. The number of anilines is 1. The first-order valence-electron chi connectivity index (χ1n) is 10.1. The second-order valence-electron chi connectivity index (χ2n) is 7.79. The maximum absolute atomic E-state index is 13.5. The lowest BCUT2D eigenvalue weighted by molar-refractivity contribution is -0.122. The van der Waals surface area contributed by atoms with Gasteiger partial charge in [-0.3, -0.25) is 9.59 Å². The van der Waals surface area contributed by atoms with Crippen molar-refractivity contribution in [3.05, 3.63) is 59.1 Å². The first-order chi connectivity index (χ1) is 14.8. The number of imide groups is 1. The molecule has 2 aliphatic rings. The largest absolute Gasteiger partial charge is 0.377 e. The van der Waals surface area contributed by atoms with Gasteiger partial charge in [0.2, 0.25) is 15.9 Å². The minimum absolute atomic E-state index is 0.0103. The fourth-order valence-corrected chi connectivity index (χ4v) is 5.67. The number of halogens is 1. The van der Waals surface area contributed by atoms with Crippen molar-refractivity contribution in [2.75, 3.05) is 18.1 Å². The number of carbonyl (C=O) groups is 2. The molecular weight excluding hydrogens is 440 g/mol. The molecule has 2 aromatic rings. The third-order valence-electron chi connectivity index (χ3n) is 5.59. The van der Waals surface area contributed by atoms with Crippen LogP contribution < -0.4 is 4.90 Å². The number of sulfonamides is 1. The number of rotatable bonds is 6. The summed E-state index contributed by atoms with van der Waals surface area (Å²) >= 11 is 5.91. The van der Waals surface area contributed by atoms with E-state index in [4.69, 9.17) is 16.3 Å². The average molecular weight is 463 g/mol. The molecule has 0 aromatic heterocycles. The summed E-state index contributed by atoms with van der Waals surface area (Å²) in [5, 5.41) is 0.405. The van der Waals surface area contributed by atoms with Crippen LogP contribution in [0, 0.1) is 6.92 Å². The summed E-state index contributed by atoms with van der Waals surface area (Å²) in [6.45, 7) is 2.46. The summed E-state index contributed by atoms with van der Waals surface area (Å²) < 4.78 is 33.8. The Bertz CT molecular complexity index is 1080. The Morgan fingerprint density at radius 2 is 1.77 bits per heavy atom. The van der Waals surface area contributed by atoms with Crippen LogP contribution in [0.4, 0.5) is 5.69 Å². The van der Waals surface area contributed by atoms with E-state index in [1.54, 1.807) is 24.3 Å². The lowest BCUT2D eigenvalue weighted by atomic mass is 10.2. The summed E-state index contributed by atoms with van der Waals surface area (Å²) in [5.41, 5.74) is 1.42. The lowest BCUT2D eigenvalue weighted by Gasteiger charge is -2.29. The number of benzene rings is 2. The third kappa shape index (κ3) is 4.39. The number of aryl methyl sites for hydroxylation is 1. The summed E-state index contributed by atoms with van der Waals surface area (Å²) in [7, 11) is -4.06. The molecule has 9 heteroatoms. The second-order valence-corrected chi connectivity index (χ2v) is 10.1. The predicted octanol–water partition coefficient (Wildman–Crippen LogP) is 3.15. The van der Waals surface area contributed by atoms with Crippen molar-refractivity contribution in [2.24, 2.45) is 0 Å². The number of nitrogens with zero attached hydrogens (tertiary/aromatic N) is 2. The molecule has 2 amide bonds. The van der Waals surface area contributed by atoms with Crippen molar-refractivity contribution in [2.45, 2.75) is 43.2 Å². The highest BCUT2D eigenvalue weighted by Gasteiger charge is 2.47. The molecule has 2 aromatic carbocycles. The summed E-state index contributed by atoms with van der Waals surface area (Å²) in [6, 6.07) is 11.6. The zero-order valence-electron chi connectivity index (χ0n) is 17.0. The van der Waals surface area contributed by atoms with Crippen LogP contribution in [-0.4, -0.2) is 49.8 Å². The first kappa shape index (κ1) is 22.0. The molecule has 7 nitrogen and oxygen atoms in total. The van der Waals surface area contributed by atoms with Gasteiger partial charge in [-0.1, -0.05) is 29.3 Å². The van der Waals surface area contributed by atoms with E-state index in [-0.39, 0.29) is 24.0 Å². The molecule has 0 aliphatic carbocycles. The van der Waals surface area contributed by atoms with Crippen LogP contribution in [0.5, 0.6) is 0 Å². The van der Waals surface area contributed by atoms with Crippen molar-refractivity contribution in [3.8, 4) is 0 Å². The highest BCUT2D eigenvalue weighted by atomic mass is 35.5. The number of ether oxygens (including phenoxy) is 1. The molecule has 2 heterocycles. The van der Waals surface area contributed by atoms with Gasteiger partial charge in [0.1, 0.15) is 6.04 Å². The summed E-state index contributed by atoms with van der Waals surface area (Å²) in [6.07, 6.45) is 0.987. The highest BCUT2D eigenvalue weighted by molar-refractivity contribution is 7.89. The van der Waals surface area contributed by atoms with Gasteiger partial charge in [-0.2, -0.15) is 4.31 Å². The zero-order chi connectivity index (χ0) is 22.2. The summed E-state index contributed by atoms with van der Waals surface area (Å²) in [4.78, 5) is 27.1. The van der Waals surface area contributed by atoms with E-state index < -0.39 is 27.9 Å². The van der Waals surface area contributed by atoms with E-state index in [1.165, 1.54) is 24.3 Å². The first-order valence-corrected chi connectivity index (χ1v) is 11.9. The van der Waals surface area contributed by atoms with Crippen LogP contribution >= 0.6 is 11.6 Å². The van der Waals surface area contributed by atoms with Gasteiger partial charge >= 0.3 is 0 Å². The maximum Gasteiger partial charge on any atom is 0.252 e. The summed E-state index contributed by atoms with van der Waals surface area (Å²) in [5.74, 6) is -0.980. The van der Waals surface area contributed by atoms with Gasteiger partial charge in [-0.15, -0.1) is 0 Å². The smallest absolute Gasteiger partial charge is 0.252 e. The number of carbonyl (C=O) groups excluding carboxylic acids is 2. The Kier molecular flexibility index (Phi) is 6.16. The molecule has 2 saturated heterocycles. The minimum Gasteiger partial charge on any atom is -0.377 e. The quantitative estimate of drug-likeness (QED) is 0.616. The lowest BCUT2D eigenvalue weighted by Crippen LogP contribution is -2.48. The molecule has 2 atom stereocenters. The van der Waals surface area contributed by atoms with Gasteiger partial charge in [-0.05, 0) is 56.2 Å². The van der Waals surface area contributed by atoms with Gasteiger partial charge < -0.3 is 4.74 Å². The SMILES string of the molecule is Cc1ccc(N2C(=O)CC(N(CC3CCCO3)S(=O)(=O)c3ccc(Cl)cc3)C2=O)cc1. The van der Waals surface area contributed by atoms with E-state index in [1.807, 2.05) is 6.92 Å². The van der Waals surface area contributed by atoms with Crippen LogP contribution in [0.2, 0.25) is 5.02 Å². The van der Waals surface area contributed by atoms with Crippen LogP contribution in [0.3, 0.4) is 0 Å². The van der Waals surface area contributed by atoms with Crippen LogP contribution in [0.25, 0.3) is 0 Å². The fraction of sp³-hybridized carbons (Fsp3) is 0.364. The molecule has 4 rings (SSSR count). The van der Waals surface area contributed by atoms with E-state index >= 15 is 0 Å². The van der Waals surface area contributed by atoms with E-state index in [2.05, 4.69) is 0 Å². The van der Waals surface area contributed by atoms with E-state index in [0.717, 1.165) is 21.2 Å². The molecular formula is C22H23ClN2O5S. The third-order valence-corrected chi connectivity index (χ3v) is 7.73. The molecule has 0 bridgehead atoms. The van der Waals surface area contributed by atoms with Crippen molar-refractivity contribution in [1.29, 1.82) is 0 Å². The normalized spacial score (nSPS) is 22.0. The second kappa shape index (κ2) is 8.70. The molecule has 0 spiro atoms. The van der Waals surface area contributed by atoms with Crippen LogP contribution in [0.15, 0.2) is 53.4 Å². The molecule has 31 heavy (non-hydrogen) atoms. The topological polar surface area (TPSA) is 84.0 Å². The van der Waals surface area contributed by atoms with Gasteiger partial charge in [-0.25, -0.2) is 13.3 Å². The van der Waals surface area contributed by atoms with Crippen molar-refractivity contribution >= 4 is 39.1 Å². The van der Waals surface area contributed by atoms with E-state index in [9.17, 15) is 18.0 Å². The predicted molar refractivity (Wildman–Crippen MR) is 116 cm³/mol. The Hall–Kier alpha value is -2.26. The van der Waals surface area contributed by atoms with Crippen molar-refractivity contribution in [3.63, 3.8) is 0 Å². The number of hydrogen-bond donors (Lipinski definition) is 0. The number of hydrogen-bond acceptors (Lipinski definition) is 5. The molecule has 0 N–H and O–H groups in total. The van der Waals surface area contributed by atoms with Gasteiger partial charge in [0.05, 0.1) is 23.1 Å². The maximum atomic E-state index is 13.5. The van der Waals surface area contributed by atoms with Gasteiger partial charge in [0.25, 0.3) is 5.91 Å². The van der Waals surface area contributed by atoms with Crippen molar-refractivity contribution < 1.29 is 22.7 Å². The Labute approximate surface area is 186 Å². The molecule has 2 fully saturated rings. The minimum atomic E-state index is -4.06. The molecule has 2 aliphatic heterocycles. The fourth-order valence-electron chi connectivity index (χ4n) is 3.93. The Morgan fingerprint density at radius 1 is 1.10 bits per heavy atom. The van der Waals surface area contributed by atoms with Crippen LogP contribution in [0.1, 0.15) is 24.8 Å². The average Bonchev–Trinajstić information content (AvgIpc) is 3.35. The standard InChI is InChI=1S/C22H23ClN2O5S/c1-15-4-8-17(9-5-15)25-21(26)13-20(22(25)27)24(14-18-3-2-12-30-18)31(28,29)19-10-6-16(23)7-11-19/h4-11,18,20H,2-3,12-14H2,1H3. The van der Waals surface area contributed by atoms with E-state index in [0.29, 0.717) is 23.7 Å². The van der Waals surface area contributed by atoms with Gasteiger partial charge in [0.15, 0.2) is 0 Å². The highest BCUT2D eigenvalue weighted by Crippen LogP contribution is 2.31. The molecule has 0 saturated carbocycles. The Morgan fingerprint density at radius 3 is 2.39 bits per heavy atom. The molecule has 2 unspecified atom stereocenters. The van der Waals surface area contributed by atoms with Crippen LogP contribution in [-0.2, 0) is 24.3 Å². The Balaban J connectivity index is 1.69. The molecule has 164 valence electrons. The molecule has 0 radical (unpaired) electrons.